The van der Waals surface area contributed by atoms with Gasteiger partial charge in [-0.3, -0.25) is 4.90 Å². The van der Waals surface area contributed by atoms with Gasteiger partial charge in [-0.1, -0.05) is 0 Å². The molecule has 0 bridgehead atoms. The summed E-state index contributed by atoms with van der Waals surface area (Å²) in [6.07, 6.45) is -14.3. The number of esters is 2. The zero-order valence-electron chi connectivity index (χ0n) is 10.4. The average molecular weight is 339 g/mol. The Morgan fingerprint density at radius 1 is 1.00 bits per heavy atom. The van der Waals surface area contributed by atoms with Crippen LogP contribution in [0.4, 0.5) is 31.1 Å². The molecular weight excluding hydrogens is 332 g/mol. The number of amides is 1. The number of ether oxygens (including phenoxy) is 3. The lowest BCUT2D eigenvalue weighted by Gasteiger charge is -2.31. The molecule has 1 aliphatic rings. The normalized spacial score (nSPS) is 19.5. The highest BCUT2D eigenvalue weighted by Gasteiger charge is 2.45. The van der Waals surface area contributed by atoms with Crippen LogP contribution in [0.2, 0.25) is 0 Å². The molecule has 0 aliphatic carbocycles. The maximum atomic E-state index is 12.0. The zero-order chi connectivity index (χ0) is 17.1. The topological polar surface area (TPSA) is 82.1 Å². The van der Waals surface area contributed by atoms with E-state index in [1.165, 1.54) is 0 Å². The lowest BCUT2D eigenvalue weighted by Crippen LogP contribution is -2.49. The first-order valence-corrected chi connectivity index (χ1v) is 5.38. The van der Waals surface area contributed by atoms with E-state index in [1.807, 2.05) is 0 Å². The summed E-state index contributed by atoms with van der Waals surface area (Å²) >= 11 is 0. The highest BCUT2D eigenvalue weighted by molar-refractivity contribution is 5.87. The molecule has 0 radical (unpaired) electrons. The molecule has 1 heterocycles. The van der Waals surface area contributed by atoms with Crippen LogP contribution in [0.3, 0.4) is 0 Å². The Labute approximate surface area is 117 Å². The van der Waals surface area contributed by atoms with E-state index in [0.29, 0.717) is 4.90 Å². The number of carbonyl (C=O) groups excluding carboxylic acids is 3. The molecule has 1 unspecified atom stereocenters. The molecule has 126 valence electrons. The van der Waals surface area contributed by atoms with Gasteiger partial charge in [0.1, 0.15) is 0 Å². The number of rotatable bonds is 1. The van der Waals surface area contributed by atoms with Crippen molar-refractivity contribution in [3.8, 4) is 0 Å². The van der Waals surface area contributed by atoms with E-state index in [1.54, 1.807) is 0 Å². The Hall–Kier alpha value is -2.05. The van der Waals surface area contributed by atoms with Gasteiger partial charge >= 0.3 is 30.4 Å². The van der Waals surface area contributed by atoms with E-state index < -0.39 is 49.8 Å². The quantitative estimate of drug-likeness (QED) is 0.402. The molecule has 0 spiro atoms. The van der Waals surface area contributed by atoms with Gasteiger partial charge in [0, 0.05) is 6.54 Å². The molecule has 1 fully saturated rings. The van der Waals surface area contributed by atoms with E-state index >= 15 is 0 Å². The second kappa shape index (κ2) is 6.37. The van der Waals surface area contributed by atoms with Crippen molar-refractivity contribution in [1.82, 2.24) is 4.90 Å². The summed E-state index contributed by atoms with van der Waals surface area (Å²) in [5.74, 6) is -5.38. The number of nitrogens with zero attached hydrogens (tertiary/aromatic N) is 1. The Morgan fingerprint density at radius 2 is 1.55 bits per heavy atom. The molecule has 22 heavy (non-hydrogen) atoms. The molecule has 1 amide bonds. The summed E-state index contributed by atoms with van der Waals surface area (Å²) in [6.45, 7) is -1.64. The molecule has 1 saturated heterocycles. The third kappa shape index (κ3) is 5.05. The Kier molecular flexibility index (Phi) is 5.22. The Morgan fingerprint density at radius 3 is 2.05 bits per heavy atom. The van der Waals surface area contributed by atoms with E-state index in [0.717, 1.165) is 0 Å². The van der Waals surface area contributed by atoms with Gasteiger partial charge in [-0.25, -0.2) is 14.4 Å². The van der Waals surface area contributed by atoms with Crippen LogP contribution >= 0.6 is 0 Å². The van der Waals surface area contributed by atoms with Crippen molar-refractivity contribution in [2.45, 2.75) is 18.6 Å². The number of carbonyl (C=O) groups is 3. The van der Waals surface area contributed by atoms with Gasteiger partial charge in [0.2, 0.25) is 6.29 Å². The second-order valence-electron chi connectivity index (χ2n) is 3.80. The van der Waals surface area contributed by atoms with Gasteiger partial charge in [0.25, 0.3) is 0 Å². The molecule has 0 saturated carbocycles. The summed E-state index contributed by atoms with van der Waals surface area (Å²) < 4.78 is 83.5. The first-order valence-electron chi connectivity index (χ1n) is 5.38. The molecule has 13 heteroatoms. The van der Waals surface area contributed by atoms with Crippen LogP contribution in [0.5, 0.6) is 0 Å². The fourth-order valence-corrected chi connectivity index (χ4v) is 1.24. The maximum Gasteiger partial charge on any atom is 0.491 e. The molecule has 0 aromatic carbocycles. The monoisotopic (exact) mass is 339 g/mol. The third-order valence-corrected chi connectivity index (χ3v) is 2.17. The molecule has 1 atom stereocenters. The number of hydrogen-bond acceptors (Lipinski definition) is 6. The van der Waals surface area contributed by atoms with Gasteiger partial charge in [-0.15, -0.1) is 0 Å². The predicted octanol–water partition coefficient (Wildman–Crippen LogP) is 0.976. The van der Waals surface area contributed by atoms with Gasteiger partial charge in [0.05, 0.1) is 13.2 Å². The van der Waals surface area contributed by atoms with Crippen molar-refractivity contribution in [2.75, 3.05) is 19.7 Å². The first-order chi connectivity index (χ1) is 9.91. The lowest BCUT2D eigenvalue weighted by molar-refractivity contribution is -0.233. The summed E-state index contributed by atoms with van der Waals surface area (Å²) in [5.41, 5.74) is 0. The fourth-order valence-electron chi connectivity index (χ4n) is 1.24. The van der Waals surface area contributed by atoms with Crippen LogP contribution in [0, 0.1) is 0 Å². The van der Waals surface area contributed by atoms with E-state index in [2.05, 4.69) is 14.2 Å². The lowest BCUT2D eigenvalue weighted by atomic mass is 10.4. The van der Waals surface area contributed by atoms with Crippen LogP contribution in [-0.4, -0.2) is 61.3 Å². The van der Waals surface area contributed by atoms with Crippen LogP contribution in [0.25, 0.3) is 0 Å². The van der Waals surface area contributed by atoms with Crippen molar-refractivity contribution < 1.29 is 54.9 Å². The summed E-state index contributed by atoms with van der Waals surface area (Å²) in [6, 6.07) is 0. The minimum absolute atomic E-state index is 0.371. The smallest absolute Gasteiger partial charge is 0.427 e. The summed E-state index contributed by atoms with van der Waals surface area (Å²) in [4.78, 5) is 32.7. The standard InChI is InChI=1S/C9H7F6NO6/c10-8(11,12)5(17)21-4-3-16(1-2-20-4)7(19)22-6(18)9(13,14)15/h4H,1-3H2. The molecule has 0 aromatic rings. The van der Waals surface area contributed by atoms with Crippen molar-refractivity contribution in [2.24, 2.45) is 0 Å². The number of morpholine rings is 1. The molecule has 0 aromatic heterocycles. The van der Waals surface area contributed by atoms with Crippen molar-refractivity contribution in [3.05, 3.63) is 0 Å². The van der Waals surface area contributed by atoms with Gasteiger partial charge in [-0.05, 0) is 0 Å². The summed E-state index contributed by atoms with van der Waals surface area (Å²) in [5, 5.41) is 0. The van der Waals surface area contributed by atoms with Crippen molar-refractivity contribution in [1.29, 1.82) is 0 Å². The number of halogens is 6. The largest absolute Gasteiger partial charge is 0.491 e. The Balaban J connectivity index is 2.58. The third-order valence-electron chi connectivity index (χ3n) is 2.17. The minimum atomic E-state index is -5.41. The first kappa shape index (κ1) is 18.0. The zero-order valence-corrected chi connectivity index (χ0v) is 10.4. The van der Waals surface area contributed by atoms with Crippen LogP contribution in [0.1, 0.15) is 0 Å². The van der Waals surface area contributed by atoms with Gasteiger partial charge in [0.15, 0.2) is 0 Å². The average Bonchev–Trinajstić information content (AvgIpc) is 2.36. The van der Waals surface area contributed by atoms with Crippen molar-refractivity contribution >= 4 is 18.0 Å². The van der Waals surface area contributed by atoms with Gasteiger partial charge < -0.3 is 14.2 Å². The Bertz CT molecular complexity index is 460. The van der Waals surface area contributed by atoms with E-state index in [4.69, 9.17) is 0 Å². The predicted molar refractivity (Wildman–Crippen MR) is 51.0 cm³/mol. The highest BCUT2D eigenvalue weighted by Crippen LogP contribution is 2.20. The second-order valence-corrected chi connectivity index (χ2v) is 3.80. The van der Waals surface area contributed by atoms with Crippen molar-refractivity contribution in [3.63, 3.8) is 0 Å². The highest BCUT2D eigenvalue weighted by atomic mass is 19.4. The minimum Gasteiger partial charge on any atom is -0.427 e. The maximum absolute atomic E-state index is 12.0. The molecular formula is C9H7F6NO6. The van der Waals surface area contributed by atoms with Crippen LogP contribution in [0.15, 0.2) is 0 Å². The SMILES string of the molecule is O=C(OC(=O)C(F)(F)F)N1CCOC(OC(=O)C(F)(F)F)C1. The van der Waals surface area contributed by atoms with Crippen LogP contribution in [-0.2, 0) is 23.8 Å². The van der Waals surface area contributed by atoms with Crippen LogP contribution < -0.4 is 0 Å². The molecule has 1 aliphatic heterocycles. The van der Waals surface area contributed by atoms with E-state index in [9.17, 15) is 40.7 Å². The number of alkyl halides is 6. The number of hydrogen-bond donors (Lipinski definition) is 0. The molecule has 7 nitrogen and oxygen atoms in total. The molecule has 0 N–H and O–H groups in total. The fraction of sp³-hybridized carbons (Fsp3) is 0.667. The van der Waals surface area contributed by atoms with Gasteiger partial charge in [-0.2, -0.15) is 26.3 Å². The summed E-state index contributed by atoms with van der Waals surface area (Å²) in [7, 11) is 0. The van der Waals surface area contributed by atoms with E-state index in [-0.39, 0.29) is 6.54 Å². The molecule has 1 rings (SSSR count).